The van der Waals surface area contributed by atoms with E-state index in [-0.39, 0.29) is 17.4 Å². The van der Waals surface area contributed by atoms with Gasteiger partial charge >= 0.3 is 18.3 Å². The summed E-state index contributed by atoms with van der Waals surface area (Å²) in [7, 11) is 0.996. The third-order valence-electron chi connectivity index (χ3n) is 3.16. The van der Waals surface area contributed by atoms with Crippen molar-refractivity contribution in [1.29, 1.82) is 0 Å². The third-order valence-corrected chi connectivity index (χ3v) is 3.16. The summed E-state index contributed by atoms with van der Waals surface area (Å²) in [5.41, 5.74) is -4.70. The van der Waals surface area contributed by atoms with Crippen LogP contribution in [0.25, 0.3) is 11.3 Å². The van der Waals surface area contributed by atoms with Gasteiger partial charge in [-0.25, -0.2) is 4.79 Å². The first-order chi connectivity index (χ1) is 11.0. The molecule has 0 saturated heterocycles. The molecule has 24 heavy (non-hydrogen) atoms. The minimum Gasteiger partial charge on any atom is -0.465 e. The molecule has 0 radical (unpaired) electrons. The number of alkyl halides is 6. The predicted octanol–water partition coefficient (Wildman–Crippen LogP) is 4.47. The zero-order valence-corrected chi connectivity index (χ0v) is 12.2. The van der Waals surface area contributed by atoms with Gasteiger partial charge in [0.1, 0.15) is 17.0 Å². The SMILES string of the molecule is COC(=O)c1c(-c2ccc(C(F)(F)F)cc2C(F)(F)F)noc1C. The molecule has 0 spiro atoms. The summed E-state index contributed by atoms with van der Waals surface area (Å²) in [6.45, 7) is 1.26. The lowest BCUT2D eigenvalue weighted by molar-refractivity contribution is -0.142. The lowest BCUT2D eigenvalue weighted by atomic mass is 9.97. The zero-order valence-electron chi connectivity index (χ0n) is 12.2. The van der Waals surface area contributed by atoms with Crippen molar-refractivity contribution in [1.82, 2.24) is 5.16 Å². The molecular formula is C14H9F6NO3. The van der Waals surface area contributed by atoms with Crippen molar-refractivity contribution >= 4 is 5.97 Å². The van der Waals surface area contributed by atoms with E-state index in [1.165, 1.54) is 6.92 Å². The van der Waals surface area contributed by atoms with Crippen LogP contribution in [0.1, 0.15) is 27.2 Å². The quantitative estimate of drug-likeness (QED) is 0.590. The fourth-order valence-corrected chi connectivity index (χ4v) is 2.06. The molecule has 1 heterocycles. The average Bonchev–Trinajstić information content (AvgIpc) is 2.85. The van der Waals surface area contributed by atoms with E-state index < -0.39 is 40.7 Å². The van der Waals surface area contributed by atoms with Gasteiger partial charge in [0.25, 0.3) is 0 Å². The predicted molar refractivity (Wildman–Crippen MR) is 68.0 cm³/mol. The van der Waals surface area contributed by atoms with Gasteiger partial charge in [-0.15, -0.1) is 0 Å². The van der Waals surface area contributed by atoms with E-state index in [4.69, 9.17) is 4.52 Å². The number of rotatable bonds is 2. The minimum absolute atomic E-state index is 0.0413. The first-order valence-electron chi connectivity index (χ1n) is 6.30. The topological polar surface area (TPSA) is 52.3 Å². The number of hydrogen-bond donors (Lipinski definition) is 0. The van der Waals surface area contributed by atoms with Gasteiger partial charge in [-0.05, 0) is 19.1 Å². The molecule has 1 aromatic carbocycles. The molecule has 0 aliphatic rings. The Kier molecular flexibility index (Phi) is 4.34. The number of nitrogens with zero attached hydrogens (tertiary/aromatic N) is 1. The number of hydrogen-bond acceptors (Lipinski definition) is 4. The Balaban J connectivity index is 2.75. The molecule has 0 amide bonds. The second-order valence-corrected chi connectivity index (χ2v) is 4.71. The molecule has 0 unspecified atom stereocenters. The minimum atomic E-state index is -5.10. The number of aryl methyl sites for hydroxylation is 1. The number of methoxy groups -OCH3 is 1. The fraction of sp³-hybridized carbons (Fsp3) is 0.286. The molecule has 10 heteroatoms. The highest BCUT2D eigenvalue weighted by Gasteiger charge is 2.40. The van der Waals surface area contributed by atoms with E-state index in [9.17, 15) is 31.1 Å². The molecule has 0 aliphatic heterocycles. The summed E-state index contributed by atoms with van der Waals surface area (Å²) >= 11 is 0. The van der Waals surface area contributed by atoms with E-state index in [0.29, 0.717) is 12.1 Å². The standard InChI is InChI=1S/C14H9F6NO3/c1-6-10(12(22)23-2)11(21-24-6)8-4-3-7(13(15,16)17)5-9(8)14(18,19)20/h3-5H,1-2H3. The highest BCUT2D eigenvalue weighted by molar-refractivity contribution is 5.97. The molecule has 0 saturated carbocycles. The van der Waals surface area contributed by atoms with Gasteiger partial charge in [0.2, 0.25) is 0 Å². The Labute approximate surface area is 131 Å². The van der Waals surface area contributed by atoms with Crippen LogP contribution in [-0.2, 0) is 17.1 Å². The number of ether oxygens (including phenoxy) is 1. The van der Waals surface area contributed by atoms with Crippen LogP contribution >= 0.6 is 0 Å². The fourth-order valence-electron chi connectivity index (χ4n) is 2.06. The van der Waals surface area contributed by atoms with Crippen LogP contribution < -0.4 is 0 Å². The molecule has 2 rings (SSSR count). The first kappa shape index (κ1) is 17.8. The first-order valence-corrected chi connectivity index (χ1v) is 6.30. The molecule has 0 fully saturated rings. The van der Waals surface area contributed by atoms with Gasteiger partial charge in [0.15, 0.2) is 0 Å². The molecule has 2 aromatic rings. The van der Waals surface area contributed by atoms with Crippen molar-refractivity contribution in [3.63, 3.8) is 0 Å². The molecule has 0 N–H and O–H groups in total. The van der Waals surface area contributed by atoms with Crippen molar-refractivity contribution in [2.75, 3.05) is 7.11 Å². The average molecular weight is 353 g/mol. The maximum absolute atomic E-state index is 13.2. The van der Waals surface area contributed by atoms with Gasteiger partial charge in [-0.2, -0.15) is 26.3 Å². The summed E-state index contributed by atoms with van der Waals surface area (Å²) in [6.07, 6.45) is -10.1. The third kappa shape index (κ3) is 3.22. The lowest BCUT2D eigenvalue weighted by Crippen LogP contribution is -2.13. The largest absolute Gasteiger partial charge is 0.465 e. The Morgan fingerprint density at radius 1 is 1.12 bits per heavy atom. The molecule has 0 bridgehead atoms. The molecular weight excluding hydrogens is 344 g/mol. The summed E-state index contributed by atoms with van der Waals surface area (Å²) in [5.74, 6) is -1.14. The number of esters is 1. The van der Waals surface area contributed by atoms with Crippen molar-refractivity contribution in [2.45, 2.75) is 19.3 Å². The van der Waals surface area contributed by atoms with Crippen LogP contribution in [0, 0.1) is 6.92 Å². The highest BCUT2D eigenvalue weighted by atomic mass is 19.4. The van der Waals surface area contributed by atoms with E-state index >= 15 is 0 Å². The second-order valence-electron chi connectivity index (χ2n) is 4.71. The van der Waals surface area contributed by atoms with E-state index in [1.54, 1.807) is 0 Å². The zero-order chi connectivity index (χ0) is 18.3. The van der Waals surface area contributed by atoms with E-state index in [2.05, 4.69) is 9.89 Å². The summed E-state index contributed by atoms with van der Waals surface area (Å²) in [5, 5.41) is 3.36. The van der Waals surface area contributed by atoms with Crippen molar-refractivity contribution < 1.29 is 40.4 Å². The molecule has 0 aliphatic carbocycles. The van der Waals surface area contributed by atoms with E-state index in [0.717, 1.165) is 7.11 Å². The monoisotopic (exact) mass is 353 g/mol. The maximum Gasteiger partial charge on any atom is 0.417 e. The Morgan fingerprint density at radius 3 is 2.25 bits per heavy atom. The van der Waals surface area contributed by atoms with Crippen LogP contribution in [0.4, 0.5) is 26.3 Å². The van der Waals surface area contributed by atoms with Crippen LogP contribution in [0.2, 0.25) is 0 Å². The Morgan fingerprint density at radius 2 is 1.75 bits per heavy atom. The normalized spacial score (nSPS) is 12.3. The second kappa shape index (κ2) is 5.84. The number of carbonyl (C=O) groups excluding carboxylic acids is 1. The van der Waals surface area contributed by atoms with Crippen molar-refractivity contribution in [3.05, 3.63) is 40.6 Å². The lowest BCUT2D eigenvalue weighted by Gasteiger charge is -2.15. The Bertz CT molecular complexity index is 776. The molecule has 130 valence electrons. The molecule has 4 nitrogen and oxygen atoms in total. The van der Waals surface area contributed by atoms with Gasteiger partial charge in [0, 0.05) is 5.56 Å². The number of benzene rings is 1. The van der Waals surface area contributed by atoms with Crippen LogP contribution in [-0.4, -0.2) is 18.2 Å². The van der Waals surface area contributed by atoms with Crippen LogP contribution in [0.5, 0.6) is 0 Å². The number of carbonyl (C=O) groups is 1. The maximum atomic E-state index is 13.2. The van der Waals surface area contributed by atoms with Crippen molar-refractivity contribution in [2.24, 2.45) is 0 Å². The van der Waals surface area contributed by atoms with E-state index in [1.807, 2.05) is 0 Å². The summed E-state index contributed by atoms with van der Waals surface area (Å²) in [4.78, 5) is 11.7. The molecule has 1 aromatic heterocycles. The van der Waals surface area contributed by atoms with Gasteiger partial charge < -0.3 is 9.26 Å². The molecule has 0 atom stereocenters. The van der Waals surface area contributed by atoms with Crippen LogP contribution in [0.15, 0.2) is 22.7 Å². The van der Waals surface area contributed by atoms with Gasteiger partial charge in [-0.1, -0.05) is 11.2 Å². The summed E-state index contributed by atoms with van der Waals surface area (Å²) in [6, 6.07) is 1.02. The smallest absolute Gasteiger partial charge is 0.417 e. The van der Waals surface area contributed by atoms with Crippen molar-refractivity contribution in [3.8, 4) is 11.3 Å². The van der Waals surface area contributed by atoms with Gasteiger partial charge in [-0.3, -0.25) is 0 Å². The Hall–Kier alpha value is -2.52. The van der Waals surface area contributed by atoms with Gasteiger partial charge in [0.05, 0.1) is 18.2 Å². The van der Waals surface area contributed by atoms with Crippen LogP contribution in [0.3, 0.4) is 0 Å². The highest BCUT2D eigenvalue weighted by Crippen LogP contribution is 2.41. The summed E-state index contributed by atoms with van der Waals surface area (Å²) < 4.78 is 86.7. The number of halogens is 6. The number of aromatic nitrogens is 1.